The highest BCUT2D eigenvalue weighted by Gasteiger charge is 2.75. The van der Waals surface area contributed by atoms with Crippen LogP contribution in [-0.4, -0.2) is 65.8 Å². The highest BCUT2D eigenvalue weighted by molar-refractivity contribution is 5.92. The number of alkyl halides is 3. The fourth-order valence-corrected chi connectivity index (χ4v) is 8.57. The van der Waals surface area contributed by atoms with Crippen molar-refractivity contribution in [3.8, 4) is 11.5 Å². The van der Waals surface area contributed by atoms with E-state index in [1.165, 1.54) is 49.0 Å². The monoisotopic (exact) mass is 597 g/mol. The summed E-state index contributed by atoms with van der Waals surface area (Å²) >= 11 is 0. The third-order valence-corrected chi connectivity index (χ3v) is 10.6. The number of carbonyl (C=O) groups is 2. The molecule has 6 unspecified atom stereocenters. The average Bonchev–Trinajstić information content (AvgIpc) is 3.70. The molecule has 2 bridgehead atoms. The SMILES string of the molecule is CC(=O)Oc1ccc2c3c1OC1C(N(C)C(=O)C=Cc4cccc(C(F)(F)F)c4)CCC4(O)C(C2)[NH+](CC2CC2)CCC314. The number of carbonyl (C=O) groups excluding carboxylic acids is 2. The number of nitrogens with zero attached hydrogens (tertiary/aromatic N) is 1. The molecule has 2 aromatic carbocycles. The zero-order chi connectivity index (χ0) is 30.3. The molecule has 0 aromatic heterocycles. The number of quaternary nitrogens is 1. The molecular formula is C33H36F3N2O5+. The zero-order valence-corrected chi connectivity index (χ0v) is 24.2. The van der Waals surface area contributed by atoms with Crippen LogP contribution in [0, 0.1) is 5.92 Å². The van der Waals surface area contributed by atoms with Crippen molar-refractivity contribution >= 4 is 18.0 Å². The summed E-state index contributed by atoms with van der Waals surface area (Å²) in [7, 11) is 1.68. The summed E-state index contributed by atoms with van der Waals surface area (Å²) < 4.78 is 51.9. The lowest BCUT2D eigenvalue weighted by Gasteiger charge is -2.62. The van der Waals surface area contributed by atoms with Crippen LogP contribution in [0.15, 0.2) is 42.5 Å². The summed E-state index contributed by atoms with van der Waals surface area (Å²) in [5, 5.41) is 12.8. The maximum atomic E-state index is 13.5. The number of likely N-dealkylation sites (N-methyl/N-ethyl adjacent to an activating group) is 1. The minimum atomic E-state index is -4.48. The Morgan fingerprint density at radius 3 is 2.70 bits per heavy atom. The van der Waals surface area contributed by atoms with Crippen molar-refractivity contribution in [3.63, 3.8) is 0 Å². The van der Waals surface area contributed by atoms with E-state index >= 15 is 0 Å². The Kier molecular flexibility index (Phi) is 6.49. The second-order valence-electron chi connectivity index (χ2n) is 13.0. The van der Waals surface area contributed by atoms with Gasteiger partial charge >= 0.3 is 12.1 Å². The fourth-order valence-electron chi connectivity index (χ4n) is 8.57. The second-order valence-corrected chi connectivity index (χ2v) is 13.0. The molecule has 1 saturated heterocycles. The van der Waals surface area contributed by atoms with Gasteiger partial charge in [0.05, 0.1) is 30.1 Å². The van der Waals surface area contributed by atoms with Crippen molar-refractivity contribution < 1.29 is 42.2 Å². The molecule has 7 rings (SSSR count). The number of hydrogen-bond acceptors (Lipinski definition) is 5. The number of amides is 1. The summed E-state index contributed by atoms with van der Waals surface area (Å²) in [6.07, 6.45) is 2.48. The molecule has 228 valence electrons. The number of nitrogens with one attached hydrogen (secondary N) is 1. The molecule has 0 radical (unpaired) electrons. The Morgan fingerprint density at radius 1 is 1.19 bits per heavy atom. The first-order valence-electron chi connectivity index (χ1n) is 15.1. The Bertz CT molecular complexity index is 1520. The van der Waals surface area contributed by atoms with Gasteiger partial charge in [0, 0.05) is 44.4 Å². The third kappa shape index (κ3) is 4.39. The summed E-state index contributed by atoms with van der Waals surface area (Å²) in [6, 6.07) is 8.19. The lowest BCUT2D eigenvalue weighted by molar-refractivity contribution is -0.944. The van der Waals surface area contributed by atoms with E-state index in [2.05, 4.69) is 0 Å². The van der Waals surface area contributed by atoms with Gasteiger partial charge in [-0.2, -0.15) is 13.2 Å². The molecule has 2 saturated carbocycles. The summed E-state index contributed by atoms with van der Waals surface area (Å²) in [4.78, 5) is 28.5. The van der Waals surface area contributed by atoms with Crippen LogP contribution in [0.1, 0.15) is 61.3 Å². The van der Waals surface area contributed by atoms with Crippen molar-refractivity contribution in [1.82, 2.24) is 4.90 Å². The Balaban J connectivity index is 1.24. The Labute approximate surface area is 248 Å². The summed E-state index contributed by atoms with van der Waals surface area (Å²) in [5.74, 6) is 0.667. The highest BCUT2D eigenvalue weighted by atomic mass is 19.4. The van der Waals surface area contributed by atoms with Gasteiger partial charge in [-0.05, 0) is 61.1 Å². The maximum Gasteiger partial charge on any atom is 0.416 e. The smallest absolute Gasteiger partial charge is 0.416 e. The Morgan fingerprint density at radius 2 is 1.98 bits per heavy atom. The van der Waals surface area contributed by atoms with Gasteiger partial charge < -0.3 is 24.4 Å². The Hall–Kier alpha value is -3.37. The zero-order valence-electron chi connectivity index (χ0n) is 24.2. The second kappa shape index (κ2) is 9.82. The van der Waals surface area contributed by atoms with Crippen LogP contribution in [0.5, 0.6) is 11.5 Å². The molecule has 3 aliphatic carbocycles. The molecule has 1 spiro atoms. The average molecular weight is 598 g/mol. The summed E-state index contributed by atoms with van der Waals surface area (Å²) in [6.45, 7) is 3.26. The van der Waals surface area contributed by atoms with Crippen LogP contribution in [0.4, 0.5) is 13.2 Å². The molecule has 2 heterocycles. The van der Waals surface area contributed by atoms with E-state index < -0.39 is 40.9 Å². The number of rotatable bonds is 6. The normalized spacial score (nSPS) is 32.2. The van der Waals surface area contributed by atoms with E-state index in [1.807, 2.05) is 6.07 Å². The number of benzene rings is 2. The number of piperidine rings is 1. The van der Waals surface area contributed by atoms with Crippen molar-refractivity contribution in [3.05, 3.63) is 64.7 Å². The molecule has 6 atom stereocenters. The van der Waals surface area contributed by atoms with Gasteiger partial charge in [0.15, 0.2) is 11.5 Å². The molecule has 7 nitrogen and oxygen atoms in total. The highest BCUT2D eigenvalue weighted by Crippen LogP contribution is 2.64. The van der Waals surface area contributed by atoms with Crippen LogP contribution < -0.4 is 14.4 Å². The van der Waals surface area contributed by atoms with E-state index in [0.29, 0.717) is 43.1 Å². The molecular weight excluding hydrogens is 561 g/mol. The predicted molar refractivity (Wildman–Crippen MR) is 151 cm³/mol. The van der Waals surface area contributed by atoms with E-state index in [-0.39, 0.29) is 17.5 Å². The molecule has 10 heteroatoms. The quantitative estimate of drug-likeness (QED) is 0.304. The lowest BCUT2D eigenvalue weighted by atomic mass is 9.48. The van der Waals surface area contributed by atoms with Gasteiger partial charge in [0.25, 0.3) is 0 Å². The molecule has 43 heavy (non-hydrogen) atoms. The molecule has 1 amide bonds. The molecule has 5 aliphatic rings. The van der Waals surface area contributed by atoms with Crippen LogP contribution >= 0.6 is 0 Å². The number of halogens is 3. The maximum absolute atomic E-state index is 13.5. The van der Waals surface area contributed by atoms with Crippen LogP contribution in [0.3, 0.4) is 0 Å². The first kappa shape index (κ1) is 28.4. The number of hydrogen-bond donors (Lipinski definition) is 2. The minimum absolute atomic E-state index is 0.00580. The third-order valence-electron chi connectivity index (χ3n) is 10.6. The van der Waals surface area contributed by atoms with Crippen molar-refractivity contribution in [2.75, 3.05) is 20.1 Å². The summed E-state index contributed by atoms with van der Waals surface area (Å²) in [5.41, 5.74) is -0.331. The lowest BCUT2D eigenvalue weighted by Crippen LogP contribution is -3.21. The van der Waals surface area contributed by atoms with Crippen molar-refractivity contribution in [1.29, 1.82) is 0 Å². The molecule has 2 N–H and O–H groups in total. The van der Waals surface area contributed by atoms with Crippen molar-refractivity contribution in [2.45, 2.75) is 80.8 Å². The largest absolute Gasteiger partial charge is 0.483 e. The fraction of sp³-hybridized carbons (Fsp3) is 0.515. The van der Waals surface area contributed by atoms with Crippen LogP contribution in [-0.2, 0) is 27.6 Å². The van der Waals surface area contributed by atoms with Gasteiger partial charge in [0.1, 0.15) is 17.7 Å². The van der Waals surface area contributed by atoms with E-state index in [1.54, 1.807) is 18.0 Å². The van der Waals surface area contributed by atoms with Gasteiger partial charge in [-0.3, -0.25) is 9.59 Å². The van der Waals surface area contributed by atoms with E-state index in [9.17, 15) is 27.9 Å². The number of likely N-dealkylation sites (tertiary alicyclic amines) is 1. The molecule has 2 aliphatic heterocycles. The first-order chi connectivity index (χ1) is 20.4. The molecule has 3 fully saturated rings. The van der Waals surface area contributed by atoms with Gasteiger partial charge in [-0.15, -0.1) is 0 Å². The topological polar surface area (TPSA) is 80.5 Å². The number of aliphatic hydroxyl groups is 1. The first-order valence-corrected chi connectivity index (χ1v) is 15.1. The van der Waals surface area contributed by atoms with Crippen LogP contribution in [0.25, 0.3) is 6.08 Å². The standard InChI is InChI=1S/C33H35F3N2O5/c1-19(39)42-25-10-9-22-17-26-32(41)13-12-24(37(2)27(40)11-8-20-4-3-5-23(16-20)33(34,35)36)30-31(32,28(22)29(25)43-30)14-15-38(26)18-21-6-7-21/h3-5,8-11,16,21,24,26,30,41H,6-7,12-15,17-18H2,1-2H3/p+1. The van der Waals surface area contributed by atoms with Gasteiger partial charge in [-0.25, -0.2) is 0 Å². The van der Waals surface area contributed by atoms with Gasteiger partial charge in [-0.1, -0.05) is 18.2 Å². The minimum Gasteiger partial charge on any atom is -0.483 e. The van der Waals surface area contributed by atoms with Crippen molar-refractivity contribution in [2.24, 2.45) is 5.92 Å². The number of esters is 1. The van der Waals surface area contributed by atoms with Gasteiger partial charge in [0.2, 0.25) is 5.91 Å². The van der Waals surface area contributed by atoms with E-state index in [4.69, 9.17) is 9.47 Å². The number of ether oxygens (including phenoxy) is 2. The van der Waals surface area contributed by atoms with E-state index in [0.717, 1.165) is 36.3 Å². The predicted octanol–water partition coefficient (Wildman–Crippen LogP) is 3.32. The molecule has 2 aromatic rings. The van der Waals surface area contributed by atoms with Crippen LogP contribution in [0.2, 0.25) is 0 Å².